The summed E-state index contributed by atoms with van der Waals surface area (Å²) in [4.78, 5) is 82.8. The van der Waals surface area contributed by atoms with Crippen molar-refractivity contribution in [3.8, 4) is 22.3 Å². The first-order valence-corrected chi connectivity index (χ1v) is 33.2. The lowest BCUT2D eigenvalue weighted by atomic mass is 9.88. The van der Waals surface area contributed by atoms with Crippen LogP contribution in [0.4, 0.5) is 70.2 Å². The van der Waals surface area contributed by atoms with Crippen LogP contribution in [0, 0.1) is 76.6 Å². The van der Waals surface area contributed by atoms with Crippen LogP contribution in [0.5, 0.6) is 0 Å². The average Bonchev–Trinajstić information content (AvgIpc) is 0.765. The van der Waals surface area contributed by atoms with Gasteiger partial charge in [-0.15, -0.1) is 0 Å². The molecular weight excluding hydrogens is 1400 g/mol. The molecule has 0 saturated carbocycles. The molecule has 0 aliphatic rings. The first-order chi connectivity index (χ1) is 47.9. The van der Waals surface area contributed by atoms with Crippen LogP contribution >= 0.6 is 0 Å². The smallest absolute Gasteiger partial charge is 0.419 e. The summed E-state index contributed by atoms with van der Waals surface area (Å²) < 4.78 is 242. The minimum Gasteiger partial charge on any atom is -0.481 e. The molecule has 104 heavy (non-hydrogen) atoms. The SMILES string of the molecule is CCOC(=O)C[C@H](NC(=O)C(CC(C)C)n1cc(CCCN(C)C)c(C(F)(F)F)cc1=O)c1c(F)c(-c2c(C)cc(C)cc2C)cc(C(F)(F)F)c1F.Cc1cc(C)c(-c2cc(C(F)(F)F)c(F)c([C@H](CC(=O)O)NC(=O)C(CC(C)C)n3cc(CCCN(C)C)c(C(F)(F)F)cc3=O)c2F)c(C)c1. The van der Waals surface area contributed by atoms with Crippen molar-refractivity contribution in [2.45, 2.75) is 176 Å². The molecule has 0 radical (unpaired) electrons. The molecule has 2 amide bonds. The number of aryl methyl sites for hydroxylation is 8. The molecule has 2 aromatic heterocycles. The predicted molar refractivity (Wildman–Crippen MR) is 359 cm³/mol. The van der Waals surface area contributed by atoms with E-state index >= 15 is 17.6 Å². The summed E-state index contributed by atoms with van der Waals surface area (Å²) in [7, 11) is 6.88. The molecule has 0 saturated heterocycles. The van der Waals surface area contributed by atoms with E-state index in [0.29, 0.717) is 65.2 Å². The number of amides is 2. The quantitative estimate of drug-likeness (QED) is 0.0333. The Hall–Kier alpha value is -8.54. The summed E-state index contributed by atoms with van der Waals surface area (Å²) in [5, 5.41) is 14.1. The molecule has 3 N–H and O–H groups in total. The highest BCUT2D eigenvalue weighted by Gasteiger charge is 2.44. The number of ether oxygens (including phenoxy) is 1. The molecule has 0 bridgehead atoms. The largest absolute Gasteiger partial charge is 0.481 e. The van der Waals surface area contributed by atoms with Crippen LogP contribution in [-0.4, -0.2) is 95.7 Å². The number of rotatable bonds is 27. The Morgan fingerprint density at radius 1 is 0.490 bits per heavy atom. The molecule has 572 valence electrons. The zero-order valence-electron chi connectivity index (χ0n) is 60.2. The normalized spacial score (nSPS) is 13.5. The highest BCUT2D eigenvalue weighted by molar-refractivity contribution is 5.84. The van der Waals surface area contributed by atoms with E-state index in [1.165, 1.54) is 34.6 Å². The molecule has 0 aliphatic carbocycles. The number of esters is 1. The van der Waals surface area contributed by atoms with Gasteiger partial charge in [0, 0.05) is 46.8 Å². The van der Waals surface area contributed by atoms with Gasteiger partial charge in [0.2, 0.25) is 11.8 Å². The lowest BCUT2D eigenvalue weighted by Crippen LogP contribution is -2.41. The van der Waals surface area contributed by atoms with Gasteiger partial charge in [-0.2, -0.15) is 52.7 Å². The minimum atomic E-state index is -5.37. The van der Waals surface area contributed by atoms with Crippen molar-refractivity contribution in [3.63, 3.8) is 0 Å². The third-order valence-electron chi connectivity index (χ3n) is 17.1. The van der Waals surface area contributed by atoms with Crippen LogP contribution in [0.25, 0.3) is 22.3 Å². The number of carbonyl (C=O) groups is 4. The van der Waals surface area contributed by atoms with Crippen molar-refractivity contribution in [1.29, 1.82) is 0 Å². The second-order valence-electron chi connectivity index (χ2n) is 27.3. The van der Waals surface area contributed by atoms with E-state index in [4.69, 9.17) is 4.74 Å². The number of hydrogen-bond donors (Lipinski definition) is 3. The lowest BCUT2D eigenvalue weighted by molar-refractivity contribution is -0.144. The molecule has 4 atom stereocenters. The van der Waals surface area contributed by atoms with E-state index < -0.39 is 170 Å². The van der Waals surface area contributed by atoms with Crippen molar-refractivity contribution >= 4 is 23.8 Å². The molecule has 6 rings (SSSR count). The number of hydrogen-bond acceptors (Lipinski definition) is 9. The monoisotopic (exact) mass is 1490 g/mol. The van der Waals surface area contributed by atoms with Crippen molar-refractivity contribution < 1.29 is 99.3 Å². The first kappa shape index (κ1) is 86.1. The number of nitrogens with zero attached hydrogens (tertiary/aromatic N) is 4. The van der Waals surface area contributed by atoms with Gasteiger partial charge in [-0.25, -0.2) is 17.6 Å². The van der Waals surface area contributed by atoms with Crippen LogP contribution in [0.15, 0.2) is 70.5 Å². The van der Waals surface area contributed by atoms with Gasteiger partial charge in [0.25, 0.3) is 11.1 Å². The van der Waals surface area contributed by atoms with E-state index in [9.17, 15) is 86.6 Å². The number of carboxylic acids is 1. The molecule has 30 heteroatoms. The Balaban J connectivity index is 0.000000374. The third kappa shape index (κ3) is 22.0. The van der Waals surface area contributed by atoms with Crippen molar-refractivity contribution in [2.24, 2.45) is 11.8 Å². The molecule has 0 spiro atoms. The fourth-order valence-corrected chi connectivity index (χ4v) is 12.8. The average molecular weight is 1490 g/mol. The number of pyridine rings is 2. The highest BCUT2D eigenvalue weighted by atomic mass is 19.4. The third-order valence-corrected chi connectivity index (χ3v) is 17.1. The summed E-state index contributed by atoms with van der Waals surface area (Å²) in [6.07, 6.45) is -21.2. The molecule has 0 aliphatic heterocycles. The number of aliphatic carboxylic acids is 1. The van der Waals surface area contributed by atoms with E-state index in [1.807, 2.05) is 0 Å². The fraction of sp³-hybridized carbons (Fsp3) is 0.486. The van der Waals surface area contributed by atoms with Crippen molar-refractivity contribution in [1.82, 2.24) is 29.6 Å². The highest BCUT2D eigenvalue weighted by Crippen LogP contribution is 2.45. The summed E-state index contributed by atoms with van der Waals surface area (Å²) in [6, 6.07) is 0.103. The standard InChI is InChI=1S/C38H45F8N3O4.C36H41F8N3O4/c1-9-53-31(51)18-28(33-34(39)25(16-27(35(33)40)38(44,45)46)32-22(5)14-21(4)15-23(32)6)47-36(52)29(13-20(2)3)49-19-24(11-10-12-48(7)8)26(17-30(49)50)37(41,42)43;1-18(2)11-27(47-17-22(9-8-10-46(6)7)24(15-28(47)48)35(39,40)41)34(51)45-26(16-29(49)50)31-32(37)23(14-25(33(31)38)36(42,43)44)30-20(4)12-19(3)13-21(30)5/h14-17,19-20,28-29H,9-13,18H2,1-8H3,(H,47,52);12-15,17-18,26-27H,8-11,16H2,1-7H3,(H,45,51)(H,49,50)/t28-,29?;26-,27?/m00/s1. The van der Waals surface area contributed by atoms with Crippen LogP contribution < -0.4 is 21.8 Å². The van der Waals surface area contributed by atoms with Crippen LogP contribution in [0.2, 0.25) is 0 Å². The van der Waals surface area contributed by atoms with Gasteiger partial charge < -0.3 is 39.4 Å². The lowest BCUT2D eigenvalue weighted by Gasteiger charge is -2.28. The van der Waals surface area contributed by atoms with Crippen LogP contribution in [-0.2, 0) is 61.5 Å². The number of alkyl halides is 12. The van der Waals surface area contributed by atoms with Crippen LogP contribution in [0.1, 0.15) is 175 Å². The number of carboxylic acid groups (broad SMARTS) is 1. The molecular formula is C74H86F16N6O8. The van der Waals surface area contributed by atoms with Gasteiger partial charge in [0.15, 0.2) is 0 Å². The second kappa shape index (κ2) is 35.0. The second-order valence-corrected chi connectivity index (χ2v) is 27.3. The van der Waals surface area contributed by atoms with Crippen molar-refractivity contribution in [2.75, 3.05) is 47.9 Å². The Morgan fingerprint density at radius 2 is 0.808 bits per heavy atom. The van der Waals surface area contributed by atoms with Gasteiger partial charge in [-0.05, 0) is 197 Å². The molecule has 14 nitrogen and oxygen atoms in total. The number of carbonyl (C=O) groups excluding carboxylic acids is 3. The van der Waals surface area contributed by atoms with Gasteiger partial charge in [-0.3, -0.25) is 28.8 Å². The fourth-order valence-electron chi connectivity index (χ4n) is 12.8. The van der Waals surface area contributed by atoms with E-state index in [-0.39, 0.29) is 73.3 Å². The molecule has 2 unspecified atom stereocenters. The Kier molecular flexibility index (Phi) is 29.0. The number of aromatic nitrogens is 2. The van der Waals surface area contributed by atoms with Gasteiger partial charge >= 0.3 is 36.6 Å². The first-order valence-electron chi connectivity index (χ1n) is 33.2. The van der Waals surface area contributed by atoms with Gasteiger partial charge in [0.1, 0.15) is 35.4 Å². The number of benzene rings is 4. The molecule has 4 aromatic carbocycles. The van der Waals surface area contributed by atoms with E-state index in [0.717, 1.165) is 27.1 Å². The molecule has 0 fully saturated rings. The molecule has 2 heterocycles. The molecule has 6 aromatic rings. The van der Waals surface area contributed by atoms with E-state index in [2.05, 4.69) is 10.6 Å². The number of nitrogens with one attached hydrogen (secondary N) is 2. The number of halogens is 16. The van der Waals surface area contributed by atoms with Crippen molar-refractivity contribution in [3.05, 3.63) is 183 Å². The zero-order chi connectivity index (χ0) is 78.9. The van der Waals surface area contributed by atoms with E-state index in [1.54, 1.807) is 104 Å². The zero-order valence-corrected chi connectivity index (χ0v) is 60.2. The Bertz CT molecular complexity index is 4180. The summed E-state index contributed by atoms with van der Waals surface area (Å²) >= 11 is 0. The summed E-state index contributed by atoms with van der Waals surface area (Å²) in [5.41, 5.74) is -10.3. The maximum atomic E-state index is 16.7. The summed E-state index contributed by atoms with van der Waals surface area (Å²) in [5.74, 6) is -13.3. The maximum absolute atomic E-state index is 16.7. The van der Waals surface area contributed by atoms with Gasteiger partial charge in [-0.1, -0.05) is 63.1 Å². The van der Waals surface area contributed by atoms with Crippen LogP contribution in [0.3, 0.4) is 0 Å². The topological polar surface area (TPSA) is 172 Å². The van der Waals surface area contributed by atoms with Gasteiger partial charge in [0.05, 0.1) is 53.8 Å². The predicted octanol–water partition coefficient (Wildman–Crippen LogP) is 16.8. The maximum Gasteiger partial charge on any atom is 0.419 e. The Morgan fingerprint density at radius 3 is 1.09 bits per heavy atom. The summed E-state index contributed by atoms with van der Waals surface area (Å²) in [6.45, 7) is 18.1. The Labute approximate surface area is 591 Å². The minimum absolute atomic E-state index is 0.000962.